The SMILES string of the molecule is C1CN2CCC1CC1[N-]C(CC3CCN(CC3)CC3[N-]C(C2)N[NH2+]3)[NH2+]N1. The van der Waals surface area contributed by atoms with Crippen molar-refractivity contribution in [1.29, 1.82) is 0 Å². The second-order valence-electron chi connectivity index (χ2n) is 9.09. The number of quaternary nitrogens is 2. The molecule has 8 heteroatoms. The van der Waals surface area contributed by atoms with Crippen molar-refractivity contribution in [2.45, 2.75) is 63.2 Å². The van der Waals surface area contributed by atoms with Gasteiger partial charge in [-0.05, 0) is 95.4 Å². The summed E-state index contributed by atoms with van der Waals surface area (Å²) in [5.41, 5.74) is 11.7. The molecule has 8 rings (SSSR count). The second kappa shape index (κ2) is 7.97. The zero-order chi connectivity index (χ0) is 17.3. The fourth-order valence-electron chi connectivity index (χ4n) is 5.51. The number of hydrogen-bond donors (Lipinski definition) is 4. The van der Waals surface area contributed by atoms with Gasteiger partial charge in [-0.15, -0.1) is 0 Å². The van der Waals surface area contributed by atoms with E-state index in [4.69, 9.17) is 10.6 Å². The lowest BCUT2D eigenvalue weighted by Crippen LogP contribution is -2.95. The van der Waals surface area contributed by atoms with E-state index >= 15 is 0 Å². The van der Waals surface area contributed by atoms with E-state index in [2.05, 4.69) is 31.5 Å². The lowest BCUT2D eigenvalue weighted by molar-refractivity contribution is -0.723. The highest BCUT2D eigenvalue weighted by molar-refractivity contribution is 5.00. The Morgan fingerprint density at radius 3 is 2.00 bits per heavy atom. The van der Waals surface area contributed by atoms with Gasteiger partial charge in [-0.25, -0.2) is 0 Å². The van der Waals surface area contributed by atoms with Crippen molar-refractivity contribution in [3.8, 4) is 0 Å². The molecule has 4 unspecified atom stereocenters. The van der Waals surface area contributed by atoms with Crippen molar-refractivity contribution < 1.29 is 10.9 Å². The maximum absolute atomic E-state index is 5.09. The Morgan fingerprint density at radius 2 is 1.23 bits per heavy atom. The Hall–Kier alpha value is -0.320. The van der Waals surface area contributed by atoms with E-state index < -0.39 is 0 Å². The molecule has 4 atom stereocenters. The summed E-state index contributed by atoms with van der Waals surface area (Å²) < 4.78 is 0. The van der Waals surface area contributed by atoms with Gasteiger partial charge >= 0.3 is 0 Å². The van der Waals surface area contributed by atoms with Crippen molar-refractivity contribution in [3.05, 3.63) is 10.6 Å². The molecule has 0 saturated carbocycles. The average Bonchev–Trinajstić information content (AvgIpc) is 3.27. The lowest BCUT2D eigenvalue weighted by Gasteiger charge is -2.39. The van der Waals surface area contributed by atoms with E-state index in [0.717, 1.165) is 24.9 Å². The number of rotatable bonds is 0. The van der Waals surface area contributed by atoms with Crippen molar-refractivity contribution in [2.24, 2.45) is 11.8 Å². The number of nitrogens with one attached hydrogen (secondary N) is 2. The fraction of sp³-hybridized carbons (Fsp3) is 1.00. The first-order valence-electron chi connectivity index (χ1n) is 10.8. The van der Waals surface area contributed by atoms with Gasteiger partial charge in [0.25, 0.3) is 0 Å². The van der Waals surface area contributed by atoms with Crippen LogP contribution >= 0.6 is 0 Å². The number of nitrogens with two attached hydrogens (primary N) is 2. The van der Waals surface area contributed by atoms with Crippen LogP contribution in [0.25, 0.3) is 10.6 Å². The summed E-state index contributed by atoms with van der Waals surface area (Å²) in [4.78, 5) is 5.23. The minimum atomic E-state index is 0.301. The molecule has 8 heterocycles. The molecule has 8 fully saturated rings. The first-order valence-corrected chi connectivity index (χ1v) is 10.8. The van der Waals surface area contributed by atoms with Gasteiger partial charge in [-0.3, -0.25) is 15.8 Å². The lowest BCUT2D eigenvalue weighted by atomic mass is 9.91. The van der Waals surface area contributed by atoms with E-state index in [0.29, 0.717) is 24.7 Å². The van der Waals surface area contributed by atoms with Crippen molar-refractivity contribution in [2.75, 3.05) is 39.3 Å². The van der Waals surface area contributed by atoms with Crippen LogP contribution < -0.4 is 21.7 Å². The van der Waals surface area contributed by atoms with Crippen molar-refractivity contribution in [1.82, 2.24) is 20.7 Å². The molecule has 0 spiro atoms. The van der Waals surface area contributed by atoms with Crippen LogP contribution in [0, 0.1) is 11.8 Å². The topological polar surface area (TPSA) is 92.0 Å². The van der Waals surface area contributed by atoms with E-state index in [1.807, 2.05) is 0 Å². The predicted molar refractivity (Wildman–Crippen MR) is 99.6 cm³/mol. The normalized spacial score (nSPS) is 49.8. The molecule has 8 aliphatic rings. The molecular formula is C18H36N8. The highest BCUT2D eigenvalue weighted by Gasteiger charge is 2.29. The van der Waals surface area contributed by atoms with Crippen LogP contribution in [0.4, 0.5) is 0 Å². The predicted octanol–water partition coefficient (Wildman–Crippen LogP) is -1.58. The van der Waals surface area contributed by atoms with Crippen LogP contribution in [-0.2, 0) is 0 Å². The van der Waals surface area contributed by atoms with Crippen molar-refractivity contribution >= 4 is 0 Å². The maximum Gasteiger partial charge on any atom is 0.0353 e. The molecule has 0 aromatic rings. The van der Waals surface area contributed by atoms with Gasteiger partial charge in [0.2, 0.25) is 0 Å². The monoisotopic (exact) mass is 364 g/mol. The van der Waals surface area contributed by atoms with Crippen LogP contribution in [0.2, 0.25) is 0 Å². The summed E-state index contributed by atoms with van der Waals surface area (Å²) in [6.07, 6.45) is 9.24. The fourth-order valence-corrected chi connectivity index (χ4v) is 5.51. The number of hydrogen-bond acceptors (Lipinski definition) is 4. The van der Waals surface area contributed by atoms with Gasteiger partial charge in [0.05, 0.1) is 0 Å². The Balaban J connectivity index is 1.23. The van der Waals surface area contributed by atoms with Gasteiger partial charge < -0.3 is 15.5 Å². The second-order valence-corrected chi connectivity index (χ2v) is 9.09. The van der Waals surface area contributed by atoms with Gasteiger partial charge in [0, 0.05) is 18.9 Å². The van der Waals surface area contributed by atoms with Crippen LogP contribution in [0.1, 0.15) is 38.5 Å². The molecule has 6 N–H and O–H groups in total. The summed E-state index contributed by atoms with van der Waals surface area (Å²) in [6.45, 7) is 7.07. The molecule has 8 aliphatic heterocycles. The molecule has 0 amide bonds. The minimum absolute atomic E-state index is 0.301. The highest BCUT2D eigenvalue weighted by atomic mass is 15.6. The zero-order valence-corrected chi connectivity index (χ0v) is 15.9. The molecule has 8 nitrogen and oxygen atoms in total. The number of piperidine rings is 2. The van der Waals surface area contributed by atoms with E-state index in [1.54, 1.807) is 0 Å². The first-order chi connectivity index (χ1) is 12.8. The quantitative estimate of drug-likeness (QED) is 0.391. The molecule has 0 aliphatic carbocycles. The third kappa shape index (κ3) is 4.23. The molecule has 26 heavy (non-hydrogen) atoms. The summed E-state index contributed by atoms with van der Waals surface area (Å²) in [5.74, 6) is 1.67. The van der Waals surface area contributed by atoms with Crippen LogP contribution in [0.15, 0.2) is 0 Å². The largest absolute Gasteiger partial charge is 0.589 e. The van der Waals surface area contributed by atoms with E-state index in [9.17, 15) is 0 Å². The van der Waals surface area contributed by atoms with E-state index in [1.165, 1.54) is 64.7 Å². The molecule has 0 radical (unpaired) electrons. The molecule has 8 saturated heterocycles. The van der Waals surface area contributed by atoms with Gasteiger partial charge in [-0.1, -0.05) is 0 Å². The Labute approximate surface area is 157 Å². The summed E-state index contributed by atoms with van der Waals surface area (Å²) >= 11 is 0. The Morgan fingerprint density at radius 1 is 0.654 bits per heavy atom. The maximum atomic E-state index is 5.09. The first kappa shape index (κ1) is 17.8. The molecule has 148 valence electrons. The van der Waals surface area contributed by atoms with Gasteiger partial charge in [0.15, 0.2) is 0 Å². The molecule has 0 aromatic carbocycles. The Bertz CT molecular complexity index is 378. The van der Waals surface area contributed by atoms with E-state index in [-0.39, 0.29) is 0 Å². The third-order valence-corrected chi connectivity index (χ3v) is 7.13. The summed E-state index contributed by atoms with van der Waals surface area (Å²) in [5, 5.41) is 10.1. The van der Waals surface area contributed by atoms with Gasteiger partial charge in [0.1, 0.15) is 0 Å². The number of nitrogens with zero attached hydrogens (tertiary/aromatic N) is 4. The minimum Gasteiger partial charge on any atom is -0.589 e. The average molecular weight is 365 g/mol. The zero-order valence-electron chi connectivity index (χ0n) is 15.9. The summed E-state index contributed by atoms with van der Waals surface area (Å²) in [6, 6.07) is 0. The third-order valence-electron chi connectivity index (χ3n) is 7.13. The molecular weight excluding hydrogens is 328 g/mol. The van der Waals surface area contributed by atoms with Gasteiger partial charge in [-0.2, -0.15) is 10.9 Å². The van der Waals surface area contributed by atoms with Crippen molar-refractivity contribution in [3.63, 3.8) is 0 Å². The Kier molecular flexibility index (Phi) is 5.44. The molecule has 0 aromatic heterocycles. The smallest absolute Gasteiger partial charge is 0.0353 e. The van der Waals surface area contributed by atoms with Crippen LogP contribution in [0.5, 0.6) is 0 Å². The molecule has 8 bridgehead atoms. The standard InChI is InChI=1S/C18H34N8/c1-5-25-6-2-13(1)9-15-19-16(22-21-15)10-14-3-7-26(8-4-14)12-18-20-17(11-25)23-24-18/h13-18,21-24H,1-12H2/q-2/p+2. The van der Waals surface area contributed by atoms with Crippen LogP contribution in [-0.4, -0.2) is 73.7 Å². The highest BCUT2D eigenvalue weighted by Crippen LogP contribution is 2.28. The summed E-state index contributed by atoms with van der Waals surface area (Å²) in [7, 11) is 0. The van der Waals surface area contributed by atoms with Crippen LogP contribution in [0.3, 0.4) is 0 Å².